The number of hydrogen-bond acceptors (Lipinski definition) is 6. The van der Waals surface area contributed by atoms with Crippen LogP contribution >= 0.6 is 0 Å². The van der Waals surface area contributed by atoms with E-state index in [0.717, 1.165) is 31.1 Å². The van der Waals surface area contributed by atoms with Gasteiger partial charge in [-0.2, -0.15) is 0 Å². The third kappa shape index (κ3) is 3.02. The first kappa shape index (κ1) is 17.7. The Morgan fingerprint density at radius 1 is 1.07 bits per heavy atom. The zero-order valence-corrected chi connectivity index (χ0v) is 14.6. The number of piperazine rings is 1. The average Bonchev–Trinajstić information content (AvgIpc) is 2.90. The molecule has 1 atom stereocenters. The van der Waals surface area contributed by atoms with Crippen molar-refractivity contribution in [1.29, 1.82) is 0 Å². The lowest BCUT2D eigenvalue weighted by Crippen LogP contribution is -2.54. The summed E-state index contributed by atoms with van der Waals surface area (Å²) in [5.74, 6) is -3.37. The molecule has 0 aliphatic carbocycles. The predicted molar refractivity (Wildman–Crippen MR) is 91.2 cm³/mol. The van der Waals surface area contributed by atoms with Crippen molar-refractivity contribution < 1.29 is 23.6 Å². The highest BCUT2D eigenvalue weighted by molar-refractivity contribution is 6.23. The van der Waals surface area contributed by atoms with Crippen LogP contribution in [0.15, 0.2) is 12.1 Å². The number of benzene rings is 1. The Balaban J connectivity index is 1.62. The van der Waals surface area contributed by atoms with Gasteiger partial charge in [0, 0.05) is 44.7 Å². The molecule has 1 aromatic rings. The van der Waals surface area contributed by atoms with Crippen LogP contribution in [0, 0.1) is 5.82 Å². The van der Waals surface area contributed by atoms with Crippen molar-refractivity contribution in [3.63, 3.8) is 0 Å². The molecule has 2 N–H and O–H groups in total. The smallest absolute Gasteiger partial charge is 0.265 e. The van der Waals surface area contributed by atoms with E-state index in [0.29, 0.717) is 12.1 Å². The molecule has 2 saturated heterocycles. The fourth-order valence-electron chi connectivity index (χ4n) is 3.79. The van der Waals surface area contributed by atoms with Gasteiger partial charge in [-0.05, 0) is 12.5 Å². The molecule has 27 heavy (non-hydrogen) atoms. The molecule has 4 rings (SSSR count). The van der Waals surface area contributed by atoms with Crippen molar-refractivity contribution in [2.24, 2.45) is 0 Å². The van der Waals surface area contributed by atoms with Gasteiger partial charge in [0.15, 0.2) is 0 Å². The minimum absolute atomic E-state index is 0.0283. The summed E-state index contributed by atoms with van der Waals surface area (Å²) >= 11 is 0. The second kappa shape index (κ2) is 6.82. The maximum Gasteiger partial charge on any atom is 0.265 e. The molecular formula is C18H19FN4O4. The molecule has 1 unspecified atom stereocenters. The van der Waals surface area contributed by atoms with Gasteiger partial charge in [-0.1, -0.05) is 6.07 Å². The van der Waals surface area contributed by atoms with Gasteiger partial charge in [0.2, 0.25) is 11.8 Å². The van der Waals surface area contributed by atoms with Crippen LogP contribution < -0.4 is 10.6 Å². The van der Waals surface area contributed by atoms with E-state index in [4.69, 9.17) is 0 Å². The van der Waals surface area contributed by atoms with Gasteiger partial charge in [-0.25, -0.2) is 4.39 Å². The first-order chi connectivity index (χ1) is 13.0. The van der Waals surface area contributed by atoms with Crippen molar-refractivity contribution in [2.75, 3.05) is 26.2 Å². The number of rotatable bonds is 3. The summed E-state index contributed by atoms with van der Waals surface area (Å²) in [4.78, 5) is 51.6. The van der Waals surface area contributed by atoms with Gasteiger partial charge >= 0.3 is 0 Å². The number of hydrogen-bond donors (Lipinski definition) is 2. The zero-order valence-electron chi connectivity index (χ0n) is 14.6. The number of nitrogens with one attached hydrogen (secondary N) is 2. The molecule has 3 heterocycles. The van der Waals surface area contributed by atoms with Crippen LogP contribution in [-0.2, 0) is 16.1 Å². The normalized spacial score (nSPS) is 23.6. The molecule has 0 spiro atoms. The fourth-order valence-corrected chi connectivity index (χ4v) is 3.79. The van der Waals surface area contributed by atoms with Gasteiger partial charge in [0.25, 0.3) is 11.8 Å². The Hall–Kier alpha value is -2.65. The number of piperidine rings is 1. The number of carbonyl (C=O) groups is 4. The maximum absolute atomic E-state index is 15.1. The first-order valence-corrected chi connectivity index (χ1v) is 8.93. The van der Waals surface area contributed by atoms with Gasteiger partial charge in [-0.3, -0.25) is 34.3 Å². The topological polar surface area (TPSA) is 98.8 Å². The lowest BCUT2D eigenvalue weighted by atomic mass is 10.0. The molecule has 8 nitrogen and oxygen atoms in total. The van der Waals surface area contributed by atoms with Crippen molar-refractivity contribution in [2.45, 2.75) is 25.4 Å². The number of nitrogens with zero attached hydrogens (tertiary/aromatic N) is 2. The van der Waals surface area contributed by atoms with Crippen LogP contribution in [0.2, 0.25) is 0 Å². The first-order valence-electron chi connectivity index (χ1n) is 8.93. The van der Waals surface area contributed by atoms with Crippen LogP contribution in [-0.4, -0.2) is 65.6 Å². The SMILES string of the molecule is O=C1CCC(N2C(=O)c3ccc(CN4CCNCC4)c(F)c3C2=O)C(=O)N1. The van der Waals surface area contributed by atoms with Crippen molar-refractivity contribution in [3.8, 4) is 0 Å². The monoisotopic (exact) mass is 374 g/mol. The van der Waals surface area contributed by atoms with Crippen LogP contribution in [0.1, 0.15) is 39.1 Å². The molecule has 0 bridgehead atoms. The van der Waals surface area contributed by atoms with Gasteiger partial charge in [-0.15, -0.1) is 0 Å². The van der Waals surface area contributed by atoms with Crippen molar-refractivity contribution >= 4 is 23.6 Å². The zero-order chi connectivity index (χ0) is 19.1. The van der Waals surface area contributed by atoms with E-state index in [1.807, 2.05) is 0 Å². The molecule has 0 aromatic heterocycles. The highest BCUT2D eigenvalue weighted by atomic mass is 19.1. The third-order valence-corrected chi connectivity index (χ3v) is 5.23. The molecular weight excluding hydrogens is 355 g/mol. The summed E-state index contributed by atoms with van der Waals surface area (Å²) in [5.41, 5.74) is 0.0329. The molecule has 9 heteroatoms. The number of imide groups is 2. The van der Waals surface area contributed by atoms with Crippen LogP contribution in [0.25, 0.3) is 0 Å². The summed E-state index contributed by atoms with van der Waals surface area (Å²) in [7, 11) is 0. The molecule has 0 saturated carbocycles. The second-order valence-electron chi connectivity index (χ2n) is 6.93. The van der Waals surface area contributed by atoms with Crippen molar-refractivity contribution in [1.82, 2.24) is 20.4 Å². The Kier molecular flexibility index (Phi) is 4.48. The van der Waals surface area contributed by atoms with Crippen LogP contribution in [0.5, 0.6) is 0 Å². The summed E-state index contributed by atoms with van der Waals surface area (Å²) in [6, 6.07) is 1.88. The minimum atomic E-state index is -1.09. The summed E-state index contributed by atoms with van der Waals surface area (Å²) in [5, 5.41) is 5.34. The maximum atomic E-state index is 15.1. The standard InChI is InChI=1S/C18H19FN4O4/c19-15-10(9-22-7-5-20-6-8-22)1-2-11-14(15)18(27)23(17(11)26)12-3-4-13(24)21-16(12)25/h1-2,12,20H,3-9H2,(H,21,24,25). The van der Waals surface area contributed by atoms with Gasteiger partial charge < -0.3 is 5.32 Å². The third-order valence-electron chi connectivity index (χ3n) is 5.23. The van der Waals surface area contributed by atoms with Gasteiger partial charge in [0.05, 0.1) is 11.1 Å². The van der Waals surface area contributed by atoms with E-state index >= 15 is 4.39 Å². The number of fused-ring (bicyclic) bond motifs is 1. The molecule has 3 aliphatic rings. The average molecular weight is 374 g/mol. The van der Waals surface area contributed by atoms with Gasteiger partial charge in [0.1, 0.15) is 11.9 Å². The number of carbonyl (C=O) groups excluding carboxylic acids is 4. The Morgan fingerprint density at radius 2 is 1.81 bits per heavy atom. The van der Waals surface area contributed by atoms with E-state index in [1.165, 1.54) is 12.1 Å². The van der Waals surface area contributed by atoms with E-state index < -0.39 is 35.5 Å². The fraction of sp³-hybridized carbons (Fsp3) is 0.444. The van der Waals surface area contributed by atoms with E-state index in [9.17, 15) is 19.2 Å². The highest BCUT2D eigenvalue weighted by Gasteiger charge is 2.46. The van der Waals surface area contributed by atoms with Crippen LogP contribution in [0.4, 0.5) is 4.39 Å². The molecule has 0 radical (unpaired) electrons. The largest absolute Gasteiger partial charge is 0.314 e. The molecule has 4 amide bonds. The molecule has 142 valence electrons. The minimum Gasteiger partial charge on any atom is -0.314 e. The lowest BCUT2D eigenvalue weighted by Gasteiger charge is -2.28. The van der Waals surface area contributed by atoms with Crippen LogP contribution in [0.3, 0.4) is 0 Å². The quantitative estimate of drug-likeness (QED) is 0.701. The Labute approximate surface area is 154 Å². The molecule has 2 fully saturated rings. The molecule has 3 aliphatic heterocycles. The predicted octanol–water partition coefficient (Wildman–Crippen LogP) is -0.368. The number of halogens is 1. The highest BCUT2D eigenvalue weighted by Crippen LogP contribution is 2.31. The van der Waals surface area contributed by atoms with Crippen molar-refractivity contribution in [3.05, 3.63) is 34.6 Å². The summed E-state index contributed by atoms with van der Waals surface area (Å²) in [6.45, 7) is 3.51. The van der Waals surface area contributed by atoms with E-state index in [-0.39, 0.29) is 24.0 Å². The summed E-state index contributed by atoms with van der Waals surface area (Å²) in [6.07, 6.45) is 0.0753. The summed E-state index contributed by atoms with van der Waals surface area (Å²) < 4.78 is 15.1. The number of amides is 4. The molecule has 1 aromatic carbocycles. The van der Waals surface area contributed by atoms with E-state index in [2.05, 4.69) is 15.5 Å². The Morgan fingerprint density at radius 3 is 2.52 bits per heavy atom. The van der Waals surface area contributed by atoms with E-state index in [1.54, 1.807) is 0 Å². The Bertz CT molecular complexity index is 850. The lowest BCUT2D eigenvalue weighted by molar-refractivity contribution is -0.136. The second-order valence-corrected chi connectivity index (χ2v) is 6.93.